The van der Waals surface area contributed by atoms with E-state index in [9.17, 15) is 14.7 Å². The van der Waals surface area contributed by atoms with E-state index < -0.39 is 17.7 Å². The van der Waals surface area contributed by atoms with Crippen molar-refractivity contribution in [3.05, 3.63) is 93.5 Å². The second kappa shape index (κ2) is 9.34. The van der Waals surface area contributed by atoms with Gasteiger partial charge in [0.15, 0.2) is 5.13 Å². The molecule has 0 spiro atoms. The van der Waals surface area contributed by atoms with Crippen LogP contribution in [-0.4, -0.2) is 28.4 Å². The monoisotopic (exact) mass is 524 g/mol. The van der Waals surface area contributed by atoms with E-state index in [1.54, 1.807) is 66.7 Å². The Morgan fingerprint density at radius 1 is 1.06 bits per heavy atom. The van der Waals surface area contributed by atoms with E-state index in [1.165, 1.54) is 16.2 Å². The normalized spacial score (nSPS) is 17.3. The van der Waals surface area contributed by atoms with Gasteiger partial charge in [-0.25, -0.2) is 4.98 Å². The number of hydrogen-bond donors (Lipinski definition) is 1. The molecule has 35 heavy (non-hydrogen) atoms. The molecular formula is C26H18Cl2N2O4S. The van der Waals surface area contributed by atoms with Gasteiger partial charge in [-0.1, -0.05) is 58.8 Å². The van der Waals surface area contributed by atoms with Gasteiger partial charge in [-0.2, -0.15) is 0 Å². The molecule has 5 rings (SSSR count). The number of aromatic nitrogens is 1. The van der Waals surface area contributed by atoms with E-state index in [1.807, 2.05) is 6.92 Å². The average molecular weight is 525 g/mol. The van der Waals surface area contributed by atoms with Crippen LogP contribution >= 0.6 is 34.5 Å². The lowest BCUT2D eigenvalue weighted by Gasteiger charge is -2.23. The molecule has 2 heterocycles. The number of Topliss-reactive ketones (excluding diaryl/α,β-unsaturated/α-hetero) is 1. The smallest absolute Gasteiger partial charge is 0.301 e. The summed E-state index contributed by atoms with van der Waals surface area (Å²) in [5.74, 6) is -1.34. The van der Waals surface area contributed by atoms with Gasteiger partial charge in [-0.05, 0) is 55.0 Å². The zero-order valence-corrected chi connectivity index (χ0v) is 20.7. The first-order valence-electron chi connectivity index (χ1n) is 10.7. The second-order valence-electron chi connectivity index (χ2n) is 7.79. The molecule has 1 fully saturated rings. The Labute approximate surface area is 215 Å². The molecule has 9 heteroatoms. The summed E-state index contributed by atoms with van der Waals surface area (Å²) in [7, 11) is 0. The molecule has 0 bridgehead atoms. The van der Waals surface area contributed by atoms with Crippen molar-refractivity contribution >= 4 is 67.3 Å². The molecule has 0 radical (unpaired) electrons. The van der Waals surface area contributed by atoms with Gasteiger partial charge in [0, 0.05) is 15.6 Å². The maximum absolute atomic E-state index is 13.3. The Morgan fingerprint density at radius 2 is 1.80 bits per heavy atom. The number of hydrogen-bond acceptors (Lipinski definition) is 6. The van der Waals surface area contributed by atoms with Gasteiger partial charge in [-0.15, -0.1) is 0 Å². The zero-order chi connectivity index (χ0) is 24.7. The van der Waals surface area contributed by atoms with Crippen LogP contribution in [0.2, 0.25) is 10.0 Å². The van der Waals surface area contributed by atoms with Crippen molar-refractivity contribution in [3.8, 4) is 5.75 Å². The quantitative estimate of drug-likeness (QED) is 0.180. The predicted molar refractivity (Wildman–Crippen MR) is 138 cm³/mol. The highest BCUT2D eigenvalue weighted by Crippen LogP contribution is 2.44. The number of anilines is 1. The summed E-state index contributed by atoms with van der Waals surface area (Å²) in [6, 6.07) is 17.9. The molecule has 1 aliphatic rings. The number of fused-ring (bicyclic) bond motifs is 1. The predicted octanol–water partition coefficient (Wildman–Crippen LogP) is 6.63. The van der Waals surface area contributed by atoms with Gasteiger partial charge in [0.1, 0.15) is 11.5 Å². The Kier molecular flexibility index (Phi) is 6.23. The molecule has 1 unspecified atom stereocenters. The number of thiazole rings is 1. The molecule has 1 amide bonds. The number of amides is 1. The minimum atomic E-state index is -0.904. The maximum Gasteiger partial charge on any atom is 0.301 e. The molecule has 1 atom stereocenters. The number of aliphatic hydroxyl groups is 1. The van der Waals surface area contributed by atoms with E-state index in [0.717, 1.165) is 4.70 Å². The minimum Gasteiger partial charge on any atom is -0.507 e. The van der Waals surface area contributed by atoms with Gasteiger partial charge in [0.05, 0.1) is 28.4 Å². The van der Waals surface area contributed by atoms with Crippen molar-refractivity contribution in [3.63, 3.8) is 0 Å². The molecular weight excluding hydrogens is 507 g/mol. The van der Waals surface area contributed by atoms with Gasteiger partial charge in [-0.3, -0.25) is 14.5 Å². The van der Waals surface area contributed by atoms with Gasteiger partial charge in [0.25, 0.3) is 5.78 Å². The Hall–Kier alpha value is -3.39. The lowest BCUT2D eigenvalue weighted by atomic mass is 9.95. The number of nitrogens with zero attached hydrogens (tertiary/aromatic N) is 2. The Morgan fingerprint density at radius 3 is 2.54 bits per heavy atom. The largest absolute Gasteiger partial charge is 0.507 e. The molecule has 3 aromatic carbocycles. The molecule has 176 valence electrons. The van der Waals surface area contributed by atoms with E-state index in [0.29, 0.717) is 44.2 Å². The van der Waals surface area contributed by atoms with Crippen molar-refractivity contribution in [2.24, 2.45) is 0 Å². The summed E-state index contributed by atoms with van der Waals surface area (Å²) >= 11 is 13.5. The lowest BCUT2D eigenvalue weighted by Crippen LogP contribution is -2.29. The highest BCUT2D eigenvalue weighted by atomic mass is 35.5. The van der Waals surface area contributed by atoms with E-state index in [2.05, 4.69) is 4.98 Å². The summed E-state index contributed by atoms with van der Waals surface area (Å²) in [6.07, 6.45) is 0. The van der Waals surface area contributed by atoms with Crippen LogP contribution < -0.4 is 9.64 Å². The molecule has 1 aromatic heterocycles. The third-order valence-electron chi connectivity index (χ3n) is 5.59. The van der Waals surface area contributed by atoms with Crippen molar-refractivity contribution in [2.45, 2.75) is 13.0 Å². The van der Waals surface area contributed by atoms with Crippen LogP contribution in [0.3, 0.4) is 0 Å². The van der Waals surface area contributed by atoms with E-state index in [4.69, 9.17) is 27.9 Å². The number of aliphatic hydroxyl groups excluding tert-OH is 1. The third kappa shape index (κ3) is 4.27. The molecule has 1 N–H and O–H groups in total. The highest BCUT2D eigenvalue weighted by Gasteiger charge is 2.48. The molecule has 0 aliphatic carbocycles. The number of ether oxygens (including phenoxy) is 1. The first-order chi connectivity index (χ1) is 16.9. The summed E-state index contributed by atoms with van der Waals surface area (Å²) in [5.41, 5.74) is 1.58. The Balaban J connectivity index is 1.71. The molecule has 0 saturated carbocycles. The van der Waals surface area contributed by atoms with Crippen LogP contribution in [-0.2, 0) is 9.59 Å². The highest BCUT2D eigenvalue weighted by molar-refractivity contribution is 7.22. The number of benzene rings is 3. The van der Waals surface area contributed by atoms with Crippen LogP contribution in [0, 0.1) is 0 Å². The fourth-order valence-corrected chi connectivity index (χ4v) is 5.43. The number of carbonyl (C=O) groups is 2. The van der Waals surface area contributed by atoms with Crippen molar-refractivity contribution < 1.29 is 19.4 Å². The molecule has 4 aromatic rings. The van der Waals surface area contributed by atoms with Crippen molar-refractivity contribution in [1.82, 2.24) is 4.98 Å². The second-order valence-corrected chi connectivity index (χ2v) is 9.67. The molecule has 1 aliphatic heterocycles. The summed E-state index contributed by atoms with van der Waals surface area (Å²) < 4.78 is 6.31. The minimum absolute atomic E-state index is 0.0386. The summed E-state index contributed by atoms with van der Waals surface area (Å²) in [5, 5.41) is 12.7. The van der Waals surface area contributed by atoms with E-state index >= 15 is 0 Å². The van der Waals surface area contributed by atoms with Gasteiger partial charge in [0.2, 0.25) is 0 Å². The fraction of sp³-hybridized carbons (Fsp3) is 0.115. The molecule has 6 nitrogen and oxygen atoms in total. The number of ketones is 1. The van der Waals surface area contributed by atoms with Crippen LogP contribution in [0.5, 0.6) is 5.75 Å². The van der Waals surface area contributed by atoms with Gasteiger partial charge >= 0.3 is 5.91 Å². The molecule has 1 saturated heterocycles. The number of halogens is 2. The number of rotatable bonds is 5. The first kappa shape index (κ1) is 23.4. The van der Waals surface area contributed by atoms with Crippen LogP contribution in [0.15, 0.2) is 72.3 Å². The lowest BCUT2D eigenvalue weighted by molar-refractivity contribution is -0.132. The van der Waals surface area contributed by atoms with Crippen LogP contribution in [0.25, 0.3) is 16.0 Å². The van der Waals surface area contributed by atoms with E-state index in [-0.39, 0.29) is 11.3 Å². The fourth-order valence-electron chi connectivity index (χ4n) is 4.03. The topological polar surface area (TPSA) is 79.7 Å². The number of carbonyl (C=O) groups excluding carboxylic acids is 2. The first-order valence-corrected chi connectivity index (χ1v) is 12.3. The van der Waals surface area contributed by atoms with Gasteiger partial charge < -0.3 is 9.84 Å². The standard InChI is InChI=1S/C26H18Cl2N2O4S/c1-2-34-18-5-3-4-15(12-18)23(31)21-22(14-6-8-16(27)9-7-14)30(25(33)24(21)32)26-29-19-11-10-17(28)13-20(19)35-26/h3-13,22,31H,2H2,1H3. The van der Waals surface area contributed by atoms with Crippen LogP contribution in [0.4, 0.5) is 5.13 Å². The summed E-state index contributed by atoms with van der Waals surface area (Å²) in [6.45, 7) is 2.30. The van der Waals surface area contributed by atoms with Crippen molar-refractivity contribution in [2.75, 3.05) is 11.5 Å². The van der Waals surface area contributed by atoms with Crippen molar-refractivity contribution in [1.29, 1.82) is 0 Å². The maximum atomic E-state index is 13.3. The van der Waals surface area contributed by atoms with Crippen LogP contribution in [0.1, 0.15) is 24.1 Å². The zero-order valence-electron chi connectivity index (χ0n) is 18.4. The summed E-state index contributed by atoms with van der Waals surface area (Å²) in [4.78, 5) is 32.6. The SMILES string of the molecule is CCOc1cccc(C(O)=C2C(=O)C(=O)N(c3nc4ccc(Cl)cc4s3)C2c2ccc(Cl)cc2)c1. The average Bonchev–Trinajstić information content (AvgIpc) is 3.37. The Bertz CT molecular complexity index is 1500. The third-order valence-corrected chi connectivity index (χ3v) is 7.10.